The van der Waals surface area contributed by atoms with E-state index in [-0.39, 0.29) is 5.91 Å². The van der Waals surface area contributed by atoms with E-state index in [2.05, 4.69) is 11.9 Å². The third-order valence-corrected chi connectivity index (χ3v) is 4.30. The fraction of sp³-hybridized carbons (Fsp3) is 0.923. The first kappa shape index (κ1) is 14.5. The molecule has 4 nitrogen and oxygen atoms in total. The number of likely N-dealkylation sites (tertiary alicyclic amines) is 1. The smallest absolute Gasteiger partial charge is 0.229 e. The van der Waals surface area contributed by atoms with Gasteiger partial charge in [0, 0.05) is 19.6 Å². The highest BCUT2D eigenvalue weighted by molar-refractivity contribution is 5.82. The van der Waals surface area contributed by atoms with Gasteiger partial charge in [0.05, 0.1) is 5.41 Å². The summed E-state index contributed by atoms with van der Waals surface area (Å²) in [5, 5.41) is 0. The van der Waals surface area contributed by atoms with Crippen LogP contribution < -0.4 is 5.73 Å². The highest BCUT2D eigenvalue weighted by Gasteiger charge is 2.35. The van der Waals surface area contributed by atoms with Crippen LogP contribution in [0.3, 0.4) is 0 Å². The highest BCUT2D eigenvalue weighted by atomic mass is 16.2. The van der Waals surface area contributed by atoms with Gasteiger partial charge in [0.1, 0.15) is 0 Å². The van der Waals surface area contributed by atoms with Crippen LogP contribution in [-0.2, 0) is 4.79 Å². The van der Waals surface area contributed by atoms with Crippen LogP contribution in [0, 0.1) is 5.41 Å². The van der Waals surface area contributed by atoms with E-state index in [1.165, 1.54) is 0 Å². The second-order valence-electron chi connectivity index (χ2n) is 5.57. The molecule has 1 unspecified atom stereocenters. The predicted molar refractivity (Wildman–Crippen MR) is 70.7 cm³/mol. The molecule has 17 heavy (non-hydrogen) atoms. The van der Waals surface area contributed by atoms with E-state index in [1.54, 1.807) is 0 Å². The van der Waals surface area contributed by atoms with Gasteiger partial charge in [-0.05, 0) is 46.3 Å². The van der Waals surface area contributed by atoms with Gasteiger partial charge in [-0.1, -0.05) is 6.92 Å². The van der Waals surface area contributed by atoms with Crippen molar-refractivity contribution in [1.29, 1.82) is 0 Å². The number of carbonyl (C=O) groups excluding carboxylic acids is 1. The van der Waals surface area contributed by atoms with Gasteiger partial charge in [-0.15, -0.1) is 0 Å². The summed E-state index contributed by atoms with van der Waals surface area (Å²) in [5.74, 6) is 0.206. The number of amides is 1. The summed E-state index contributed by atoms with van der Waals surface area (Å²) in [6.07, 6.45) is 2.95. The average molecular weight is 241 g/mol. The molecule has 2 N–H and O–H groups in total. The lowest BCUT2D eigenvalue weighted by Crippen LogP contribution is -2.51. The molecule has 0 spiro atoms. The summed E-state index contributed by atoms with van der Waals surface area (Å²) in [4.78, 5) is 16.7. The predicted octanol–water partition coefficient (Wildman–Crippen LogP) is 0.914. The molecule has 1 aliphatic heterocycles. The van der Waals surface area contributed by atoms with Crippen molar-refractivity contribution in [3.63, 3.8) is 0 Å². The number of nitrogens with zero attached hydrogens (tertiary/aromatic N) is 2. The first-order valence-electron chi connectivity index (χ1n) is 6.60. The monoisotopic (exact) mass is 241 g/mol. The zero-order valence-electron chi connectivity index (χ0n) is 11.7. The quantitative estimate of drug-likeness (QED) is 0.796. The summed E-state index contributed by atoms with van der Waals surface area (Å²) in [6, 6.07) is 0.385. The molecule has 1 heterocycles. The molecule has 0 aromatic carbocycles. The van der Waals surface area contributed by atoms with Gasteiger partial charge >= 0.3 is 0 Å². The lowest BCUT2D eigenvalue weighted by molar-refractivity contribution is -0.142. The van der Waals surface area contributed by atoms with Crippen LogP contribution >= 0.6 is 0 Å². The van der Waals surface area contributed by atoms with Gasteiger partial charge in [0.2, 0.25) is 5.91 Å². The second kappa shape index (κ2) is 5.83. The Bertz CT molecular complexity index is 255. The normalized spacial score (nSPS) is 22.2. The maximum Gasteiger partial charge on any atom is 0.229 e. The first-order chi connectivity index (χ1) is 7.94. The summed E-state index contributed by atoms with van der Waals surface area (Å²) in [7, 11) is 4.07. The van der Waals surface area contributed by atoms with Gasteiger partial charge in [-0.3, -0.25) is 4.79 Å². The number of carbonyl (C=O) groups is 1. The molecule has 4 heteroatoms. The third kappa shape index (κ3) is 3.19. The fourth-order valence-electron chi connectivity index (χ4n) is 2.36. The molecule has 0 bridgehead atoms. The third-order valence-electron chi connectivity index (χ3n) is 4.30. The van der Waals surface area contributed by atoms with E-state index in [1.807, 2.05) is 25.8 Å². The molecular weight excluding hydrogens is 214 g/mol. The topological polar surface area (TPSA) is 49.6 Å². The molecule has 0 radical (unpaired) electrons. The second-order valence-corrected chi connectivity index (χ2v) is 5.57. The molecule has 1 rings (SSSR count). The van der Waals surface area contributed by atoms with Crippen LogP contribution in [0.5, 0.6) is 0 Å². The summed E-state index contributed by atoms with van der Waals surface area (Å²) in [5.41, 5.74) is 5.36. The van der Waals surface area contributed by atoms with Crippen molar-refractivity contribution in [3.05, 3.63) is 0 Å². The van der Waals surface area contributed by atoms with Crippen molar-refractivity contribution in [2.24, 2.45) is 11.1 Å². The minimum atomic E-state index is -0.391. The Morgan fingerprint density at radius 2 is 2.00 bits per heavy atom. The molecule has 1 amide bonds. The van der Waals surface area contributed by atoms with Crippen LogP contribution in [0.15, 0.2) is 0 Å². The molecule has 100 valence electrons. The number of nitrogens with two attached hydrogens (primary N) is 1. The first-order valence-corrected chi connectivity index (χ1v) is 6.60. The van der Waals surface area contributed by atoms with Crippen molar-refractivity contribution in [3.8, 4) is 0 Å². The minimum Gasteiger partial charge on any atom is -0.342 e. The van der Waals surface area contributed by atoms with Crippen molar-refractivity contribution in [1.82, 2.24) is 9.80 Å². The van der Waals surface area contributed by atoms with Crippen LogP contribution in [0.4, 0.5) is 0 Å². The molecule has 1 saturated heterocycles. The Balaban J connectivity index is 2.63. The lowest BCUT2D eigenvalue weighted by atomic mass is 9.85. The van der Waals surface area contributed by atoms with Gasteiger partial charge in [-0.25, -0.2) is 0 Å². The van der Waals surface area contributed by atoms with Crippen molar-refractivity contribution in [2.45, 2.75) is 39.2 Å². The molecule has 0 saturated carbocycles. The largest absolute Gasteiger partial charge is 0.342 e. The molecule has 1 atom stereocenters. The molecule has 0 aromatic rings. The van der Waals surface area contributed by atoms with Crippen LogP contribution in [0.1, 0.15) is 33.1 Å². The van der Waals surface area contributed by atoms with Crippen molar-refractivity contribution < 1.29 is 4.79 Å². The molecule has 1 fully saturated rings. The van der Waals surface area contributed by atoms with Gasteiger partial charge < -0.3 is 15.5 Å². The standard InChI is InChI=1S/C13H27N3O/c1-5-13(2,10-14)12(17)16(4)11-6-8-15(3)9-7-11/h11H,5-10,14H2,1-4H3. The van der Waals surface area contributed by atoms with Gasteiger partial charge in [-0.2, -0.15) is 0 Å². The molecule has 0 aliphatic carbocycles. The van der Waals surface area contributed by atoms with E-state index in [9.17, 15) is 4.79 Å². The van der Waals surface area contributed by atoms with Crippen LogP contribution in [-0.4, -0.2) is 55.5 Å². The summed E-state index contributed by atoms with van der Waals surface area (Å²) >= 11 is 0. The number of hydrogen-bond donors (Lipinski definition) is 1. The number of hydrogen-bond acceptors (Lipinski definition) is 3. The zero-order valence-corrected chi connectivity index (χ0v) is 11.7. The summed E-state index contributed by atoms with van der Waals surface area (Å²) < 4.78 is 0. The Morgan fingerprint density at radius 1 is 1.47 bits per heavy atom. The van der Waals surface area contributed by atoms with Crippen LogP contribution in [0.2, 0.25) is 0 Å². The maximum atomic E-state index is 12.4. The van der Waals surface area contributed by atoms with Crippen molar-refractivity contribution in [2.75, 3.05) is 33.7 Å². The number of rotatable bonds is 4. The Morgan fingerprint density at radius 3 is 2.41 bits per heavy atom. The Labute approximate surface area is 105 Å². The molecule has 0 aromatic heterocycles. The van der Waals surface area contributed by atoms with Crippen molar-refractivity contribution >= 4 is 5.91 Å². The van der Waals surface area contributed by atoms with E-state index < -0.39 is 5.41 Å². The van der Waals surface area contributed by atoms with E-state index >= 15 is 0 Å². The highest BCUT2D eigenvalue weighted by Crippen LogP contribution is 2.25. The van der Waals surface area contributed by atoms with E-state index in [0.29, 0.717) is 12.6 Å². The Kier molecular flexibility index (Phi) is 4.95. The van der Waals surface area contributed by atoms with E-state index in [0.717, 1.165) is 32.4 Å². The van der Waals surface area contributed by atoms with Gasteiger partial charge in [0.25, 0.3) is 0 Å². The SMILES string of the molecule is CCC(C)(CN)C(=O)N(C)C1CCN(C)CC1. The van der Waals surface area contributed by atoms with E-state index in [4.69, 9.17) is 5.73 Å². The summed E-state index contributed by atoms with van der Waals surface area (Å²) in [6.45, 7) is 6.59. The lowest BCUT2D eigenvalue weighted by Gasteiger charge is -2.39. The number of piperidine rings is 1. The zero-order chi connectivity index (χ0) is 13.1. The van der Waals surface area contributed by atoms with Crippen LogP contribution in [0.25, 0.3) is 0 Å². The Hall–Kier alpha value is -0.610. The van der Waals surface area contributed by atoms with Gasteiger partial charge in [0.15, 0.2) is 0 Å². The minimum absolute atomic E-state index is 0.206. The molecular formula is C13H27N3O. The fourth-order valence-corrected chi connectivity index (χ4v) is 2.36. The average Bonchev–Trinajstić information content (AvgIpc) is 2.37. The maximum absolute atomic E-state index is 12.4. The molecule has 1 aliphatic rings.